The normalized spacial score (nSPS) is 13.2. The van der Waals surface area contributed by atoms with Gasteiger partial charge in [0.25, 0.3) is 11.8 Å². The monoisotopic (exact) mass is 509 g/mol. The zero-order chi connectivity index (χ0) is 25.4. The number of fused-ring (bicyclic) bond motifs is 1. The van der Waals surface area contributed by atoms with Gasteiger partial charge < -0.3 is 0 Å². The summed E-state index contributed by atoms with van der Waals surface area (Å²) in [5.74, 6) is -1.78. The Morgan fingerprint density at radius 2 is 1.50 bits per heavy atom. The summed E-state index contributed by atoms with van der Waals surface area (Å²) in [5, 5.41) is 9.12. The highest BCUT2D eigenvalue weighted by Gasteiger charge is 2.40. The first-order valence-corrected chi connectivity index (χ1v) is 11.4. The largest absolute Gasteiger partial charge is 0.416 e. The highest BCUT2D eigenvalue weighted by Crippen LogP contribution is 2.31. The molecule has 2 amide bonds. The fraction of sp³-hybridized carbons (Fsp3) is 0.0833. The van der Waals surface area contributed by atoms with Crippen molar-refractivity contribution in [1.82, 2.24) is 19.9 Å². The smallest absolute Gasteiger partial charge is 0.293 e. The van der Waals surface area contributed by atoms with Crippen molar-refractivity contribution in [3.63, 3.8) is 0 Å². The average molecular weight is 509 g/mol. The lowest BCUT2D eigenvalue weighted by molar-refractivity contribution is -0.137. The molecule has 1 aliphatic rings. The molecule has 0 saturated carbocycles. The van der Waals surface area contributed by atoms with Gasteiger partial charge in [-0.3, -0.25) is 19.4 Å². The molecule has 12 heteroatoms. The molecule has 2 aromatic heterocycles. The van der Waals surface area contributed by atoms with E-state index in [-0.39, 0.29) is 33.4 Å². The number of aromatic nitrogens is 4. The van der Waals surface area contributed by atoms with Gasteiger partial charge in [-0.1, -0.05) is 42.1 Å². The highest BCUT2D eigenvalue weighted by molar-refractivity contribution is 7.99. The molecule has 2 aromatic carbocycles. The van der Waals surface area contributed by atoms with Gasteiger partial charge in [-0.25, -0.2) is 0 Å². The van der Waals surface area contributed by atoms with Crippen LogP contribution < -0.4 is 5.01 Å². The SMILES string of the molecule is O=C(CSc1nnc(-c2ccccn2)n1N1C(=O)c2ccccc2C1=O)c1ccc(C(F)(F)F)cc1. The summed E-state index contributed by atoms with van der Waals surface area (Å²) in [6.45, 7) is 0. The van der Waals surface area contributed by atoms with Crippen molar-refractivity contribution < 1.29 is 27.6 Å². The molecule has 3 heterocycles. The number of amides is 2. The maximum Gasteiger partial charge on any atom is 0.416 e. The Balaban J connectivity index is 1.47. The number of benzene rings is 2. The molecular weight excluding hydrogens is 495 g/mol. The van der Waals surface area contributed by atoms with E-state index in [1.54, 1.807) is 30.3 Å². The number of carbonyl (C=O) groups excluding carboxylic acids is 3. The molecule has 0 atom stereocenters. The van der Waals surface area contributed by atoms with Crippen LogP contribution in [0.4, 0.5) is 13.2 Å². The third-order valence-electron chi connectivity index (χ3n) is 5.35. The van der Waals surface area contributed by atoms with E-state index in [9.17, 15) is 27.6 Å². The maximum atomic E-state index is 13.2. The van der Waals surface area contributed by atoms with Crippen molar-refractivity contribution in [2.45, 2.75) is 11.3 Å². The van der Waals surface area contributed by atoms with Crippen molar-refractivity contribution in [3.05, 3.63) is 95.2 Å². The van der Waals surface area contributed by atoms with Crippen LogP contribution in [0, 0.1) is 0 Å². The Morgan fingerprint density at radius 3 is 2.08 bits per heavy atom. The minimum Gasteiger partial charge on any atom is -0.293 e. The molecule has 4 aromatic rings. The number of hydrogen-bond donors (Lipinski definition) is 0. The minimum atomic E-state index is -4.51. The number of halogens is 3. The Labute approximate surface area is 205 Å². The maximum absolute atomic E-state index is 13.2. The van der Waals surface area contributed by atoms with E-state index in [2.05, 4.69) is 15.2 Å². The van der Waals surface area contributed by atoms with Gasteiger partial charge in [0.15, 0.2) is 5.78 Å². The minimum absolute atomic E-state index is 0.0606. The van der Waals surface area contributed by atoms with Crippen LogP contribution in [0.15, 0.2) is 78.1 Å². The molecule has 0 radical (unpaired) electrons. The molecule has 1 aliphatic heterocycles. The van der Waals surface area contributed by atoms with E-state index in [4.69, 9.17) is 0 Å². The van der Waals surface area contributed by atoms with Crippen LogP contribution in [0.5, 0.6) is 0 Å². The molecule has 0 saturated heterocycles. The molecular formula is C24H14F3N5O3S. The fourth-order valence-corrected chi connectivity index (χ4v) is 4.42. The van der Waals surface area contributed by atoms with Crippen molar-refractivity contribution in [2.75, 3.05) is 10.8 Å². The lowest BCUT2D eigenvalue weighted by Gasteiger charge is -2.18. The van der Waals surface area contributed by atoms with E-state index < -0.39 is 29.3 Å². The third kappa shape index (κ3) is 4.15. The predicted octanol–water partition coefficient (Wildman–Crippen LogP) is 4.27. The molecule has 0 spiro atoms. The van der Waals surface area contributed by atoms with Crippen LogP contribution >= 0.6 is 11.8 Å². The number of hydrogen-bond acceptors (Lipinski definition) is 7. The molecule has 36 heavy (non-hydrogen) atoms. The first-order chi connectivity index (χ1) is 17.3. The summed E-state index contributed by atoms with van der Waals surface area (Å²) >= 11 is 0.889. The highest BCUT2D eigenvalue weighted by atomic mass is 32.2. The summed E-state index contributed by atoms with van der Waals surface area (Å²) in [6.07, 6.45) is -3.00. The molecule has 5 rings (SSSR count). The summed E-state index contributed by atoms with van der Waals surface area (Å²) in [6, 6.07) is 15.2. The summed E-state index contributed by atoms with van der Waals surface area (Å²) in [7, 11) is 0. The number of alkyl halides is 3. The molecule has 8 nitrogen and oxygen atoms in total. The van der Waals surface area contributed by atoms with Gasteiger partial charge in [-0.2, -0.15) is 22.9 Å². The molecule has 0 N–H and O–H groups in total. The third-order valence-corrected chi connectivity index (χ3v) is 6.26. The number of carbonyl (C=O) groups is 3. The second-order valence-electron chi connectivity index (χ2n) is 7.59. The zero-order valence-corrected chi connectivity index (χ0v) is 19.0. The van der Waals surface area contributed by atoms with E-state index in [0.29, 0.717) is 5.69 Å². The van der Waals surface area contributed by atoms with Crippen LogP contribution in [-0.4, -0.2) is 43.2 Å². The van der Waals surface area contributed by atoms with Crippen molar-refractivity contribution >= 4 is 29.4 Å². The van der Waals surface area contributed by atoms with Crippen LogP contribution in [0.25, 0.3) is 11.5 Å². The molecule has 0 unspecified atom stereocenters. The number of nitrogens with zero attached hydrogens (tertiary/aromatic N) is 5. The number of imide groups is 1. The van der Waals surface area contributed by atoms with Gasteiger partial charge in [0.1, 0.15) is 5.69 Å². The van der Waals surface area contributed by atoms with Gasteiger partial charge >= 0.3 is 6.18 Å². The lowest BCUT2D eigenvalue weighted by atomic mass is 10.1. The Hall–Kier alpha value is -4.32. The lowest BCUT2D eigenvalue weighted by Crippen LogP contribution is -2.41. The average Bonchev–Trinajstić information content (AvgIpc) is 3.40. The summed E-state index contributed by atoms with van der Waals surface area (Å²) < 4.78 is 39.7. The molecule has 0 fully saturated rings. The van der Waals surface area contributed by atoms with Crippen molar-refractivity contribution in [2.24, 2.45) is 0 Å². The summed E-state index contributed by atoms with van der Waals surface area (Å²) in [5.41, 5.74) is -0.0355. The quantitative estimate of drug-likeness (QED) is 0.218. The number of ketones is 1. The van der Waals surface area contributed by atoms with E-state index >= 15 is 0 Å². The van der Waals surface area contributed by atoms with Crippen molar-refractivity contribution in [1.29, 1.82) is 0 Å². The molecule has 0 bridgehead atoms. The van der Waals surface area contributed by atoms with E-state index in [1.165, 1.54) is 23.0 Å². The second kappa shape index (κ2) is 9.04. The Kier molecular flexibility index (Phi) is 5.88. The van der Waals surface area contributed by atoms with E-state index in [0.717, 1.165) is 41.0 Å². The second-order valence-corrected chi connectivity index (χ2v) is 8.53. The predicted molar refractivity (Wildman–Crippen MR) is 123 cm³/mol. The summed E-state index contributed by atoms with van der Waals surface area (Å²) in [4.78, 5) is 43.2. The van der Waals surface area contributed by atoms with Gasteiger partial charge in [-0.15, -0.1) is 10.2 Å². The Morgan fingerprint density at radius 1 is 0.861 bits per heavy atom. The Bertz CT molecular complexity index is 1450. The fourth-order valence-electron chi connectivity index (χ4n) is 3.61. The molecule has 180 valence electrons. The standard InChI is InChI=1S/C24H14F3N5O3S/c25-24(26,27)15-10-8-14(9-11-15)19(33)13-36-23-30-29-20(18-7-3-4-12-28-18)31(23)32-21(34)16-5-1-2-6-17(16)22(32)35/h1-12H,13H2. The van der Waals surface area contributed by atoms with Crippen LogP contribution in [0.1, 0.15) is 36.6 Å². The van der Waals surface area contributed by atoms with Crippen LogP contribution in [0.3, 0.4) is 0 Å². The van der Waals surface area contributed by atoms with Crippen LogP contribution in [0.2, 0.25) is 0 Å². The van der Waals surface area contributed by atoms with Crippen LogP contribution in [-0.2, 0) is 6.18 Å². The topological polar surface area (TPSA) is 98.1 Å². The van der Waals surface area contributed by atoms with Crippen molar-refractivity contribution in [3.8, 4) is 11.5 Å². The van der Waals surface area contributed by atoms with Gasteiger partial charge in [0, 0.05) is 11.8 Å². The zero-order valence-electron chi connectivity index (χ0n) is 18.1. The van der Waals surface area contributed by atoms with Gasteiger partial charge in [-0.05, 0) is 36.4 Å². The van der Waals surface area contributed by atoms with Gasteiger partial charge in [0.05, 0.1) is 22.4 Å². The first kappa shape index (κ1) is 23.4. The number of thioether (sulfide) groups is 1. The van der Waals surface area contributed by atoms with Gasteiger partial charge in [0.2, 0.25) is 11.0 Å². The first-order valence-electron chi connectivity index (χ1n) is 10.4. The number of pyridine rings is 1. The van der Waals surface area contributed by atoms with E-state index in [1.807, 2.05) is 0 Å². The molecule has 0 aliphatic carbocycles. The number of rotatable bonds is 6. The number of Topliss-reactive ketones (excluding diaryl/α,β-unsaturated/α-hetero) is 1.